The molecule has 0 atom stereocenters. The van der Waals surface area contributed by atoms with Crippen LogP contribution in [0.25, 0.3) is 0 Å². The van der Waals surface area contributed by atoms with Gasteiger partial charge in [0.15, 0.2) is 0 Å². The molecule has 4 fully saturated rings. The molecule has 0 aromatic rings. The van der Waals surface area contributed by atoms with Crippen LogP contribution in [0.4, 0.5) is 0 Å². The lowest BCUT2D eigenvalue weighted by atomic mass is 9.79. The smallest absolute Gasteiger partial charge is 0.330 e. The number of hydrogen-bond donors (Lipinski definition) is 0. The minimum atomic E-state index is -0.276. The maximum atomic E-state index is 11.4. The Morgan fingerprint density at radius 1 is 0.714 bits per heavy atom. The lowest BCUT2D eigenvalue weighted by Crippen LogP contribution is -2.53. The molecule has 0 spiro atoms. The Morgan fingerprint density at radius 2 is 1.17 bits per heavy atom. The van der Waals surface area contributed by atoms with Crippen LogP contribution in [-0.2, 0) is 14.3 Å². The zero-order chi connectivity index (χ0) is 24.6. The van der Waals surface area contributed by atoms with E-state index in [1.807, 2.05) is 0 Å². The van der Waals surface area contributed by atoms with Crippen molar-refractivity contribution in [2.75, 3.05) is 6.61 Å². The summed E-state index contributed by atoms with van der Waals surface area (Å²) in [6.07, 6.45) is 23.9. The highest BCUT2D eigenvalue weighted by molar-refractivity contribution is 5.81. The summed E-state index contributed by atoms with van der Waals surface area (Å²) in [6.45, 7) is 9.31. The van der Waals surface area contributed by atoms with Crippen LogP contribution in [0.5, 0.6) is 0 Å². The number of carbonyl (C=O) groups excluding carboxylic acids is 1. The number of esters is 1. The lowest BCUT2D eigenvalue weighted by Gasteiger charge is -2.49. The predicted molar refractivity (Wildman–Crippen MR) is 143 cm³/mol. The van der Waals surface area contributed by atoms with Gasteiger partial charge in [-0.3, -0.25) is 4.90 Å². The Kier molecular flexibility index (Phi) is 10.6. The maximum absolute atomic E-state index is 11.4. The summed E-state index contributed by atoms with van der Waals surface area (Å²) in [4.78, 5) is 14.5. The second kappa shape index (κ2) is 13.6. The SMILES string of the molecule is C=CC(=O)OC1CCC(CCOC2CCC(N(C3CCC(C)CC3)C3CCC(C)CC3)CC2)CC1. The Hall–Kier alpha value is -0.870. The van der Waals surface area contributed by atoms with Gasteiger partial charge in [-0.15, -0.1) is 0 Å². The summed E-state index contributed by atoms with van der Waals surface area (Å²) < 4.78 is 11.8. The Morgan fingerprint density at radius 3 is 1.66 bits per heavy atom. The summed E-state index contributed by atoms with van der Waals surface area (Å²) in [5, 5.41) is 0. The molecule has 0 aromatic carbocycles. The molecule has 4 saturated carbocycles. The van der Waals surface area contributed by atoms with Gasteiger partial charge >= 0.3 is 5.97 Å². The average Bonchev–Trinajstić information content (AvgIpc) is 2.88. The highest BCUT2D eigenvalue weighted by Crippen LogP contribution is 2.38. The molecule has 4 rings (SSSR count). The molecule has 4 nitrogen and oxygen atoms in total. The monoisotopic (exact) mass is 487 g/mol. The molecule has 35 heavy (non-hydrogen) atoms. The molecule has 4 aliphatic carbocycles. The minimum absolute atomic E-state index is 0.0932. The van der Waals surface area contributed by atoms with Gasteiger partial charge in [0.25, 0.3) is 0 Å². The van der Waals surface area contributed by atoms with Crippen LogP contribution in [0.3, 0.4) is 0 Å². The lowest BCUT2D eigenvalue weighted by molar-refractivity contribution is -0.144. The Labute approximate surface area is 215 Å². The molecule has 0 aliphatic heterocycles. The molecule has 0 saturated heterocycles. The molecular weight excluding hydrogens is 434 g/mol. The van der Waals surface area contributed by atoms with Gasteiger partial charge in [-0.25, -0.2) is 4.79 Å². The van der Waals surface area contributed by atoms with E-state index in [1.165, 1.54) is 83.1 Å². The second-order valence-corrected chi connectivity index (χ2v) is 12.6. The molecule has 0 radical (unpaired) electrons. The van der Waals surface area contributed by atoms with Crippen LogP contribution < -0.4 is 0 Å². The van der Waals surface area contributed by atoms with Crippen LogP contribution in [0, 0.1) is 17.8 Å². The number of nitrogens with zero attached hydrogens (tertiary/aromatic N) is 1. The van der Waals surface area contributed by atoms with Crippen molar-refractivity contribution >= 4 is 5.97 Å². The third-order valence-electron chi connectivity index (χ3n) is 10.0. The van der Waals surface area contributed by atoms with Crippen LogP contribution in [0.2, 0.25) is 0 Å². The molecule has 4 aliphatic rings. The first-order valence-electron chi connectivity index (χ1n) is 15.2. The van der Waals surface area contributed by atoms with Gasteiger partial charge in [-0.05, 0) is 127 Å². The molecule has 0 bridgehead atoms. The fourth-order valence-electron chi connectivity index (χ4n) is 7.64. The van der Waals surface area contributed by atoms with Crippen LogP contribution in [0.15, 0.2) is 12.7 Å². The first-order chi connectivity index (χ1) is 17.0. The van der Waals surface area contributed by atoms with E-state index in [0.29, 0.717) is 6.10 Å². The summed E-state index contributed by atoms with van der Waals surface area (Å²) in [5.41, 5.74) is 0. The first kappa shape index (κ1) is 27.2. The third kappa shape index (κ3) is 8.06. The molecule has 4 heteroatoms. The number of hydrogen-bond acceptors (Lipinski definition) is 4. The molecule has 0 N–H and O–H groups in total. The van der Waals surface area contributed by atoms with E-state index in [0.717, 1.165) is 74.6 Å². The fourth-order valence-corrected chi connectivity index (χ4v) is 7.64. The Balaban J connectivity index is 1.18. The van der Waals surface area contributed by atoms with Crippen molar-refractivity contribution in [1.82, 2.24) is 4.90 Å². The van der Waals surface area contributed by atoms with Gasteiger partial charge in [-0.1, -0.05) is 20.4 Å². The molecule has 0 amide bonds. The van der Waals surface area contributed by atoms with Crippen LogP contribution >= 0.6 is 0 Å². The van der Waals surface area contributed by atoms with E-state index >= 15 is 0 Å². The van der Waals surface area contributed by atoms with Crippen LogP contribution in [-0.4, -0.2) is 47.8 Å². The normalized spacial score (nSPS) is 38.7. The maximum Gasteiger partial charge on any atom is 0.330 e. The fraction of sp³-hybridized carbons (Fsp3) is 0.903. The zero-order valence-electron chi connectivity index (χ0n) is 22.8. The number of carbonyl (C=O) groups is 1. The second-order valence-electron chi connectivity index (χ2n) is 12.6. The predicted octanol–water partition coefficient (Wildman–Crippen LogP) is 7.45. The van der Waals surface area contributed by atoms with E-state index in [2.05, 4.69) is 25.3 Å². The summed E-state index contributed by atoms with van der Waals surface area (Å²) >= 11 is 0. The highest BCUT2D eigenvalue weighted by Gasteiger charge is 2.37. The number of ether oxygens (including phenoxy) is 2. The quantitative estimate of drug-likeness (QED) is 0.250. The zero-order valence-corrected chi connectivity index (χ0v) is 22.8. The highest BCUT2D eigenvalue weighted by atomic mass is 16.5. The van der Waals surface area contributed by atoms with Gasteiger partial charge in [-0.2, -0.15) is 0 Å². The van der Waals surface area contributed by atoms with Crippen molar-refractivity contribution in [2.45, 2.75) is 153 Å². The van der Waals surface area contributed by atoms with E-state index < -0.39 is 0 Å². The van der Waals surface area contributed by atoms with Crippen molar-refractivity contribution in [3.05, 3.63) is 12.7 Å². The average molecular weight is 488 g/mol. The molecule has 0 aromatic heterocycles. The minimum Gasteiger partial charge on any atom is -0.459 e. The van der Waals surface area contributed by atoms with Crippen molar-refractivity contribution < 1.29 is 14.3 Å². The topological polar surface area (TPSA) is 38.8 Å². The van der Waals surface area contributed by atoms with Gasteiger partial charge in [0.1, 0.15) is 6.10 Å². The Bertz CT molecular complexity index is 612. The van der Waals surface area contributed by atoms with Gasteiger partial charge in [0.05, 0.1) is 6.10 Å². The molecule has 0 unspecified atom stereocenters. The summed E-state index contributed by atoms with van der Waals surface area (Å²) in [5.74, 6) is 2.31. The van der Waals surface area contributed by atoms with E-state index in [4.69, 9.17) is 9.47 Å². The van der Waals surface area contributed by atoms with E-state index in [1.54, 1.807) is 0 Å². The van der Waals surface area contributed by atoms with Crippen molar-refractivity contribution in [2.24, 2.45) is 17.8 Å². The molecular formula is C31H53NO3. The van der Waals surface area contributed by atoms with Crippen molar-refractivity contribution in [1.29, 1.82) is 0 Å². The van der Waals surface area contributed by atoms with Gasteiger partial charge < -0.3 is 9.47 Å². The van der Waals surface area contributed by atoms with Crippen LogP contribution in [0.1, 0.15) is 123 Å². The van der Waals surface area contributed by atoms with E-state index in [9.17, 15) is 4.79 Å². The van der Waals surface area contributed by atoms with Crippen molar-refractivity contribution in [3.63, 3.8) is 0 Å². The summed E-state index contributed by atoms with van der Waals surface area (Å²) in [7, 11) is 0. The molecule has 0 heterocycles. The summed E-state index contributed by atoms with van der Waals surface area (Å²) in [6, 6.07) is 2.47. The standard InChI is InChI=1S/C31H53NO3/c1-4-31(33)35-30-17-9-25(10-18-30)21-22-34-29-19-15-28(16-20-29)32(26-11-5-23(2)6-12-26)27-13-7-24(3)8-14-27/h4,23-30H,1,5-22H2,2-3H3. The number of rotatable bonds is 9. The molecule has 200 valence electrons. The third-order valence-corrected chi connectivity index (χ3v) is 10.0. The van der Waals surface area contributed by atoms with Crippen molar-refractivity contribution in [3.8, 4) is 0 Å². The van der Waals surface area contributed by atoms with E-state index in [-0.39, 0.29) is 12.1 Å². The first-order valence-corrected chi connectivity index (χ1v) is 15.2. The van der Waals surface area contributed by atoms with Gasteiger partial charge in [0.2, 0.25) is 0 Å². The van der Waals surface area contributed by atoms with Gasteiger partial charge in [0, 0.05) is 30.8 Å². The largest absolute Gasteiger partial charge is 0.459 e.